The Labute approximate surface area is 178 Å². The first-order valence-electron chi connectivity index (χ1n) is 10.9. The zero-order valence-corrected chi connectivity index (χ0v) is 18.1. The van der Waals surface area contributed by atoms with E-state index in [9.17, 15) is 14.7 Å². The lowest BCUT2D eigenvalue weighted by atomic mass is 9.53. The Kier molecular flexibility index (Phi) is 5.67. The van der Waals surface area contributed by atoms with Gasteiger partial charge in [-0.15, -0.1) is 11.6 Å². The third kappa shape index (κ3) is 3.58. The molecule has 2 saturated carbocycles. The highest BCUT2D eigenvalue weighted by Crippen LogP contribution is 2.64. The van der Waals surface area contributed by atoms with E-state index in [2.05, 4.69) is 13.0 Å². The summed E-state index contributed by atoms with van der Waals surface area (Å²) in [4.78, 5) is 23.2. The molecule has 0 radical (unpaired) electrons. The number of aryl methyl sites for hydroxylation is 1. The maximum Gasteiger partial charge on any atom is 0.308 e. The molecule has 0 amide bonds. The fraction of sp³-hybridized carbons (Fsp3) is 0.667. The van der Waals surface area contributed by atoms with Crippen LogP contribution in [-0.2, 0) is 16.0 Å². The standard InChI is InChI=1S/C24H31ClO4/c1-14(26)29-16-4-6-17-15(13-16)3-5-19-18(17)9-11-24(2)21(19)7-8-22(24)20(10-12-25)23(27)28/h4,6,13,18-22H,3,5,7-12H2,1-2H3,(H,27,28)/t18-,19-,20?,21+,22-,24+/m1/s1. The van der Waals surface area contributed by atoms with Gasteiger partial charge in [-0.2, -0.15) is 0 Å². The number of aliphatic carboxylic acids is 1. The van der Waals surface area contributed by atoms with E-state index in [1.165, 1.54) is 18.1 Å². The van der Waals surface area contributed by atoms with Gasteiger partial charge in [0.05, 0.1) is 5.92 Å². The van der Waals surface area contributed by atoms with Crippen molar-refractivity contribution in [2.24, 2.45) is 29.1 Å². The van der Waals surface area contributed by atoms with Crippen LogP contribution in [0.15, 0.2) is 18.2 Å². The fourth-order valence-electron chi connectivity index (χ4n) is 7.10. The lowest BCUT2D eigenvalue weighted by Gasteiger charge is -2.51. The second-order valence-electron chi connectivity index (χ2n) is 9.52. The van der Waals surface area contributed by atoms with Gasteiger partial charge in [-0.1, -0.05) is 13.0 Å². The number of halogens is 1. The SMILES string of the molecule is CC(=O)Oc1ccc2c(c1)CC[C@@H]1[C@@H]2CC[C@]2(C)[C@@H](C(CCCl)C(=O)O)CC[C@@H]12. The summed E-state index contributed by atoms with van der Waals surface area (Å²) in [6.45, 7) is 3.79. The molecular weight excluding hydrogens is 388 g/mol. The number of carboxylic acids is 1. The molecule has 0 saturated heterocycles. The molecule has 29 heavy (non-hydrogen) atoms. The number of fused-ring (bicyclic) bond motifs is 5. The Hall–Kier alpha value is -1.55. The number of ether oxygens (including phenoxy) is 1. The van der Waals surface area contributed by atoms with Gasteiger partial charge in [0.25, 0.3) is 0 Å². The van der Waals surface area contributed by atoms with Crippen LogP contribution < -0.4 is 4.74 Å². The molecular formula is C24H31ClO4. The summed E-state index contributed by atoms with van der Waals surface area (Å²) in [5, 5.41) is 9.83. The smallest absolute Gasteiger partial charge is 0.308 e. The number of carbonyl (C=O) groups is 2. The minimum Gasteiger partial charge on any atom is -0.481 e. The molecule has 0 heterocycles. The summed E-state index contributed by atoms with van der Waals surface area (Å²) in [5.74, 6) is 1.76. The molecule has 158 valence electrons. The zero-order valence-electron chi connectivity index (χ0n) is 17.3. The quantitative estimate of drug-likeness (QED) is 0.394. The van der Waals surface area contributed by atoms with Crippen LogP contribution in [0, 0.1) is 29.1 Å². The highest BCUT2D eigenvalue weighted by Gasteiger charge is 2.57. The van der Waals surface area contributed by atoms with Crippen LogP contribution in [-0.4, -0.2) is 22.9 Å². The van der Waals surface area contributed by atoms with E-state index < -0.39 is 5.97 Å². The van der Waals surface area contributed by atoms with Gasteiger partial charge in [-0.25, -0.2) is 0 Å². The molecule has 0 bridgehead atoms. The predicted octanol–water partition coefficient (Wildman–Crippen LogP) is 5.41. The number of carboxylic acid groups (broad SMARTS) is 1. The molecule has 1 N–H and O–H groups in total. The Bertz CT molecular complexity index is 806. The van der Waals surface area contributed by atoms with E-state index in [0.29, 0.717) is 35.8 Å². The molecule has 5 heteroatoms. The van der Waals surface area contributed by atoms with Gasteiger partial charge in [0.2, 0.25) is 0 Å². The Morgan fingerprint density at radius 3 is 2.76 bits per heavy atom. The lowest BCUT2D eigenvalue weighted by molar-refractivity contribution is -0.146. The monoisotopic (exact) mass is 418 g/mol. The summed E-state index contributed by atoms with van der Waals surface area (Å²) in [6.07, 6.45) is 7.06. The number of alkyl halides is 1. The van der Waals surface area contributed by atoms with Crippen molar-refractivity contribution in [1.82, 2.24) is 0 Å². The molecule has 4 rings (SSSR count). The van der Waals surface area contributed by atoms with Gasteiger partial charge in [0, 0.05) is 12.8 Å². The molecule has 1 unspecified atom stereocenters. The predicted molar refractivity (Wildman–Crippen MR) is 112 cm³/mol. The topological polar surface area (TPSA) is 63.6 Å². The molecule has 2 fully saturated rings. The van der Waals surface area contributed by atoms with E-state index in [1.54, 1.807) is 0 Å². The van der Waals surface area contributed by atoms with Crippen LogP contribution in [0.1, 0.15) is 69.4 Å². The largest absolute Gasteiger partial charge is 0.481 e. The van der Waals surface area contributed by atoms with Crippen LogP contribution in [0.5, 0.6) is 5.75 Å². The number of esters is 1. The number of hydrogen-bond acceptors (Lipinski definition) is 3. The molecule has 0 aliphatic heterocycles. The summed E-state index contributed by atoms with van der Waals surface area (Å²) in [7, 11) is 0. The van der Waals surface area contributed by atoms with Crippen LogP contribution in [0.25, 0.3) is 0 Å². The van der Waals surface area contributed by atoms with Gasteiger partial charge in [-0.05, 0) is 97.3 Å². The Balaban J connectivity index is 1.58. The van der Waals surface area contributed by atoms with Gasteiger partial charge in [-0.3, -0.25) is 9.59 Å². The van der Waals surface area contributed by atoms with Crippen molar-refractivity contribution in [2.75, 3.05) is 5.88 Å². The van der Waals surface area contributed by atoms with Gasteiger partial charge in [0.1, 0.15) is 5.75 Å². The number of benzene rings is 1. The average Bonchev–Trinajstić information content (AvgIpc) is 3.02. The second kappa shape index (κ2) is 7.94. The van der Waals surface area contributed by atoms with Gasteiger partial charge in [0.15, 0.2) is 0 Å². The molecule has 4 nitrogen and oxygen atoms in total. The Morgan fingerprint density at radius 2 is 2.07 bits per heavy atom. The van der Waals surface area contributed by atoms with Gasteiger partial charge >= 0.3 is 11.9 Å². The average molecular weight is 419 g/mol. The lowest BCUT2D eigenvalue weighted by Crippen LogP contribution is -2.45. The molecule has 6 atom stereocenters. The number of rotatable bonds is 5. The molecule has 1 aromatic rings. The molecule has 3 aliphatic rings. The molecule has 0 aromatic heterocycles. The van der Waals surface area contributed by atoms with E-state index >= 15 is 0 Å². The summed E-state index contributed by atoms with van der Waals surface area (Å²) < 4.78 is 5.28. The van der Waals surface area contributed by atoms with Crippen molar-refractivity contribution in [3.05, 3.63) is 29.3 Å². The maximum atomic E-state index is 12.0. The first-order valence-corrected chi connectivity index (χ1v) is 11.5. The van der Waals surface area contributed by atoms with Crippen molar-refractivity contribution >= 4 is 23.5 Å². The van der Waals surface area contributed by atoms with Crippen LogP contribution in [0.2, 0.25) is 0 Å². The molecule has 1 aromatic carbocycles. The third-order valence-electron chi connectivity index (χ3n) is 8.26. The summed E-state index contributed by atoms with van der Waals surface area (Å²) >= 11 is 5.96. The second-order valence-corrected chi connectivity index (χ2v) is 9.90. The minimum atomic E-state index is -0.674. The minimum absolute atomic E-state index is 0.103. The van der Waals surface area contributed by atoms with E-state index in [1.807, 2.05) is 12.1 Å². The fourth-order valence-corrected chi connectivity index (χ4v) is 7.34. The maximum absolute atomic E-state index is 12.0. The third-order valence-corrected chi connectivity index (χ3v) is 8.47. The van der Waals surface area contributed by atoms with E-state index in [-0.39, 0.29) is 23.2 Å². The molecule has 0 spiro atoms. The van der Waals surface area contributed by atoms with Crippen LogP contribution >= 0.6 is 11.6 Å². The van der Waals surface area contributed by atoms with E-state index in [0.717, 1.165) is 38.5 Å². The normalized spacial score (nSPS) is 33.9. The number of carbonyl (C=O) groups excluding carboxylic acids is 1. The van der Waals surface area contributed by atoms with Crippen molar-refractivity contribution < 1.29 is 19.4 Å². The highest BCUT2D eigenvalue weighted by atomic mass is 35.5. The van der Waals surface area contributed by atoms with Crippen molar-refractivity contribution in [3.8, 4) is 5.75 Å². The first kappa shape index (κ1) is 20.7. The molecule has 3 aliphatic carbocycles. The van der Waals surface area contributed by atoms with Crippen LogP contribution in [0.4, 0.5) is 0 Å². The van der Waals surface area contributed by atoms with Crippen molar-refractivity contribution in [1.29, 1.82) is 0 Å². The van der Waals surface area contributed by atoms with Gasteiger partial charge < -0.3 is 9.84 Å². The number of hydrogen-bond donors (Lipinski definition) is 1. The Morgan fingerprint density at radius 1 is 1.28 bits per heavy atom. The van der Waals surface area contributed by atoms with E-state index in [4.69, 9.17) is 16.3 Å². The zero-order chi connectivity index (χ0) is 20.8. The van der Waals surface area contributed by atoms with Crippen LogP contribution in [0.3, 0.4) is 0 Å². The first-order chi connectivity index (χ1) is 13.8. The van der Waals surface area contributed by atoms with Crippen molar-refractivity contribution in [2.45, 2.75) is 64.7 Å². The highest BCUT2D eigenvalue weighted by molar-refractivity contribution is 6.17. The summed E-state index contributed by atoms with van der Waals surface area (Å²) in [5.41, 5.74) is 2.83. The van der Waals surface area contributed by atoms with Crippen molar-refractivity contribution in [3.63, 3.8) is 0 Å². The summed E-state index contributed by atoms with van der Waals surface area (Å²) in [6, 6.07) is 6.13.